The van der Waals surface area contributed by atoms with Crippen LogP contribution in [-0.4, -0.2) is 71.2 Å². The summed E-state index contributed by atoms with van der Waals surface area (Å²) in [5.41, 5.74) is 8.82. The van der Waals surface area contributed by atoms with Crippen LogP contribution in [0.15, 0.2) is 70.3 Å². The predicted octanol–water partition coefficient (Wildman–Crippen LogP) is 4.61. The minimum atomic E-state index is -0.381. The fourth-order valence-corrected chi connectivity index (χ4v) is 4.97. The number of amides is 2. The molecule has 4 N–H and O–H groups in total. The highest BCUT2D eigenvalue weighted by Gasteiger charge is 2.32. The van der Waals surface area contributed by atoms with Crippen molar-refractivity contribution in [3.8, 4) is 11.3 Å². The summed E-state index contributed by atoms with van der Waals surface area (Å²) in [7, 11) is 1.00. The Hall–Kier alpha value is -4.09. The Balaban J connectivity index is 0.00000287. The molecule has 1 fully saturated rings. The van der Waals surface area contributed by atoms with Crippen LogP contribution in [0.2, 0.25) is 0 Å². The lowest BCUT2D eigenvalue weighted by Crippen LogP contribution is -2.44. The lowest BCUT2D eigenvalue weighted by atomic mass is 9.82. The number of nitrogens with zero attached hydrogens (tertiary/aromatic N) is 4. The molecule has 218 valence electrons. The highest BCUT2D eigenvalue weighted by Crippen LogP contribution is 2.41. The number of rotatable bonds is 9. The van der Waals surface area contributed by atoms with Crippen molar-refractivity contribution in [2.24, 2.45) is 21.1 Å². The van der Waals surface area contributed by atoms with Crippen LogP contribution in [-0.2, 0) is 9.59 Å². The predicted molar refractivity (Wildman–Crippen MR) is 166 cm³/mol. The van der Waals surface area contributed by atoms with Gasteiger partial charge in [-0.05, 0) is 73.9 Å². The van der Waals surface area contributed by atoms with Crippen LogP contribution < -0.4 is 11.1 Å². The number of likely N-dealkylation sites (tertiary alicyclic amines) is 1. The van der Waals surface area contributed by atoms with E-state index in [9.17, 15) is 14.4 Å². The largest absolute Gasteiger partial charge is 0.400 e. The van der Waals surface area contributed by atoms with Crippen molar-refractivity contribution in [3.63, 3.8) is 0 Å². The number of aliphatic hydroxyl groups excluding tert-OH is 1. The number of allylic oxidation sites excluding steroid dienone is 2. The SMILES string of the molecule is C=C/C(=C\N=C(C)C(=O)N1CCC(C)(C=O)CC1)c1cc(N=CN)c(SC(=O)NCC)c(-c2ccccn2)c1.CO. The van der Waals surface area contributed by atoms with Crippen molar-refractivity contribution in [1.29, 1.82) is 0 Å². The summed E-state index contributed by atoms with van der Waals surface area (Å²) in [6.45, 7) is 10.9. The maximum Gasteiger partial charge on any atom is 0.283 e. The Bertz CT molecular complexity index is 1320. The van der Waals surface area contributed by atoms with Gasteiger partial charge in [-0.25, -0.2) is 4.99 Å². The molecule has 0 spiro atoms. The summed E-state index contributed by atoms with van der Waals surface area (Å²) < 4.78 is 0. The van der Waals surface area contributed by atoms with Gasteiger partial charge in [0.05, 0.1) is 22.6 Å². The van der Waals surface area contributed by atoms with Crippen molar-refractivity contribution < 1.29 is 19.5 Å². The fraction of sp³-hybridized carbons (Fsp3) is 0.333. The van der Waals surface area contributed by atoms with Crippen molar-refractivity contribution in [2.75, 3.05) is 26.7 Å². The third-order valence-electron chi connectivity index (χ3n) is 6.48. The number of aldehydes is 1. The molecule has 10 nitrogen and oxygen atoms in total. The van der Waals surface area contributed by atoms with Crippen LogP contribution in [0.25, 0.3) is 16.8 Å². The van der Waals surface area contributed by atoms with Gasteiger partial charge in [-0.2, -0.15) is 0 Å². The molecular formula is C30H38N6O4S. The molecule has 1 aromatic carbocycles. The van der Waals surface area contributed by atoms with Crippen LogP contribution in [0, 0.1) is 5.41 Å². The third kappa shape index (κ3) is 8.95. The molecule has 1 aliphatic heterocycles. The van der Waals surface area contributed by atoms with Gasteiger partial charge in [0.2, 0.25) is 0 Å². The summed E-state index contributed by atoms with van der Waals surface area (Å²) in [5, 5.41) is 9.57. The molecule has 0 bridgehead atoms. The summed E-state index contributed by atoms with van der Waals surface area (Å²) in [6.07, 6.45) is 8.32. The van der Waals surface area contributed by atoms with Crippen molar-refractivity contribution in [1.82, 2.24) is 15.2 Å². The van der Waals surface area contributed by atoms with Crippen molar-refractivity contribution in [3.05, 3.63) is 60.9 Å². The standard InChI is InChI=1S/C29H34N6O3S.CH4O/c1-5-21(17-33-20(3)27(37)35-13-10-29(4,18-36)11-14-35)22-15-23(24-9-7-8-12-32-24)26(25(16-22)34-19-30)39-28(38)31-6-2;1-2/h5,7-9,12,15-19H,1,6,10-11,13-14H2,2-4H3,(H2,30,34)(H,31,38);2H,1H3/b21-17+,33-20?;. The van der Waals surface area contributed by atoms with E-state index in [-0.39, 0.29) is 16.6 Å². The molecule has 0 atom stereocenters. The number of benzene rings is 1. The van der Waals surface area contributed by atoms with Gasteiger partial charge in [-0.15, -0.1) is 0 Å². The number of carbonyl (C=O) groups excluding carboxylic acids is 3. The van der Waals surface area contributed by atoms with E-state index in [4.69, 9.17) is 10.8 Å². The quantitative estimate of drug-likeness (QED) is 0.129. The average Bonchev–Trinajstić information content (AvgIpc) is 3.00. The van der Waals surface area contributed by atoms with E-state index in [2.05, 4.69) is 26.9 Å². The zero-order valence-electron chi connectivity index (χ0n) is 24.0. The number of aliphatic imine (C=N–C) groups is 2. The Morgan fingerprint density at radius 1 is 1.27 bits per heavy atom. The first-order valence-electron chi connectivity index (χ1n) is 13.1. The number of nitrogens with two attached hydrogens (primary N) is 1. The van der Waals surface area contributed by atoms with Crippen LogP contribution in [0.1, 0.15) is 39.2 Å². The van der Waals surface area contributed by atoms with Crippen molar-refractivity contribution >= 4 is 52.5 Å². The van der Waals surface area contributed by atoms with E-state index in [1.807, 2.05) is 38.1 Å². The highest BCUT2D eigenvalue weighted by molar-refractivity contribution is 8.13. The van der Waals surface area contributed by atoms with E-state index < -0.39 is 0 Å². The Labute approximate surface area is 245 Å². The van der Waals surface area contributed by atoms with E-state index in [0.717, 1.165) is 30.7 Å². The number of nitrogens with one attached hydrogen (secondary N) is 1. The fourth-order valence-electron chi connectivity index (χ4n) is 4.08. The normalized spacial score (nSPS) is 15.1. The molecule has 2 aromatic rings. The zero-order chi connectivity index (χ0) is 30.4. The smallest absolute Gasteiger partial charge is 0.283 e. The first-order chi connectivity index (χ1) is 19.7. The van der Waals surface area contributed by atoms with E-state index in [1.165, 1.54) is 6.34 Å². The molecular weight excluding hydrogens is 540 g/mol. The van der Waals surface area contributed by atoms with Gasteiger partial charge in [0.1, 0.15) is 12.0 Å². The molecule has 41 heavy (non-hydrogen) atoms. The molecule has 1 aliphatic rings. The van der Waals surface area contributed by atoms with Gasteiger partial charge in [0.15, 0.2) is 0 Å². The lowest BCUT2D eigenvalue weighted by Gasteiger charge is -2.35. The van der Waals surface area contributed by atoms with Gasteiger partial charge in [-0.1, -0.05) is 25.6 Å². The number of aromatic nitrogens is 1. The first kappa shape index (κ1) is 33.1. The van der Waals surface area contributed by atoms with Crippen LogP contribution >= 0.6 is 11.8 Å². The van der Waals surface area contributed by atoms with Crippen LogP contribution in [0.5, 0.6) is 0 Å². The minimum absolute atomic E-state index is 0.168. The molecule has 0 aliphatic carbocycles. The minimum Gasteiger partial charge on any atom is -0.400 e. The molecule has 3 rings (SSSR count). The molecule has 0 unspecified atom stereocenters. The van der Waals surface area contributed by atoms with Gasteiger partial charge in [-0.3, -0.25) is 19.6 Å². The average molecular weight is 579 g/mol. The van der Waals surface area contributed by atoms with Crippen molar-refractivity contribution in [2.45, 2.75) is 38.5 Å². The number of piperidine rings is 1. The van der Waals surface area contributed by atoms with Gasteiger partial charge < -0.3 is 25.9 Å². The second kappa shape index (κ2) is 16.2. The first-order valence-corrected chi connectivity index (χ1v) is 13.9. The Morgan fingerprint density at radius 2 is 1.98 bits per heavy atom. The monoisotopic (exact) mass is 578 g/mol. The number of aliphatic hydroxyl groups is 1. The highest BCUT2D eigenvalue weighted by atomic mass is 32.2. The zero-order valence-corrected chi connectivity index (χ0v) is 24.8. The Morgan fingerprint density at radius 3 is 2.54 bits per heavy atom. The summed E-state index contributed by atoms with van der Waals surface area (Å²) >= 11 is 1.02. The number of hydrogen-bond acceptors (Lipinski definition) is 8. The number of thioether (sulfide) groups is 1. The molecule has 0 radical (unpaired) electrons. The third-order valence-corrected chi connectivity index (χ3v) is 7.44. The topological polar surface area (TPSA) is 150 Å². The van der Waals surface area contributed by atoms with E-state index in [0.29, 0.717) is 65.6 Å². The second-order valence-corrected chi connectivity index (χ2v) is 10.3. The summed E-state index contributed by atoms with van der Waals surface area (Å²) in [6, 6.07) is 9.22. The van der Waals surface area contributed by atoms with Gasteiger partial charge >= 0.3 is 0 Å². The maximum absolute atomic E-state index is 13.0. The lowest BCUT2D eigenvalue weighted by molar-refractivity contribution is -0.129. The molecule has 1 saturated heterocycles. The van der Waals surface area contributed by atoms with E-state index in [1.54, 1.807) is 36.4 Å². The maximum atomic E-state index is 13.0. The van der Waals surface area contributed by atoms with Crippen LogP contribution in [0.3, 0.4) is 0 Å². The number of hydrogen-bond donors (Lipinski definition) is 3. The molecule has 1 aromatic heterocycles. The summed E-state index contributed by atoms with van der Waals surface area (Å²) in [4.78, 5) is 52.4. The summed E-state index contributed by atoms with van der Waals surface area (Å²) in [5.74, 6) is -0.168. The molecule has 2 heterocycles. The van der Waals surface area contributed by atoms with Crippen LogP contribution in [0.4, 0.5) is 10.5 Å². The molecule has 0 saturated carbocycles. The number of pyridine rings is 1. The van der Waals surface area contributed by atoms with Gasteiger partial charge in [0, 0.05) is 50.1 Å². The number of carbonyl (C=O) groups is 3. The van der Waals surface area contributed by atoms with Gasteiger partial charge in [0.25, 0.3) is 11.1 Å². The van der Waals surface area contributed by atoms with E-state index >= 15 is 0 Å². The molecule has 11 heteroatoms. The second-order valence-electron chi connectivity index (χ2n) is 9.35. The Kier molecular flexibility index (Phi) is 13.1. The molecule has 2 amide bonds.